The van der Waals surface area contributed by atoms with Crippen molar-refractivity contribution in [2.45, 2.75) is 25.7 Å². The van der Waals surface area contributed by atoms with E-state index >= 15 is 0 Å². The molecular weight excluding hydrogens is 430 g/mol. The first-order chi connectivity index (χ1) is 15.2. The number of carbonyl (C=O) groups is 2. The van der Waals surface area contributed by atoms with Gasteiger partial charge in [-0.1, -0.05) is 12.1 Å². The number of thiophene rings is 1. The van der Waals surface area contributed by atoms with Gasteiger partial charge in [-0.05, 0) is 55.5 Å². The second-order valence-corrected chi connectivity index (χ2v) is 9.38. The van der Waals surface area contributed by atoms with E-state index in [0.717, 1.165) is 46.3 Å². The van der Waals surface area contributed by atoms with E-state index in [0.29, 0.717) is 26.8 Å². The maximum Gasteiger partial charge on any atom is 0.341 e. The molecule has 8 heteroatoms. The molecule has 0 saturated carbocycles. The van der Waals surface area contributed by atoms with Gasteiger partial charge < -0.3 is 10.1 Å². The van der Waals surface area contributed by atoms with Crippen LogP contribution in [0.25, 0.3) is 20.9 Å². The van der Waals surface area contributed by atoms with Crippen LogP contribution in [0.2, 0.25) is 0 Å². The van der Waals surface area contributed by atoms with Gasteiger partial charge >= 0.3 is 5.97 Å². The summed E-state index contributed by atoms with van der Waals surface area (Å²) >= 11 is 2.96. The Morgan fingerprint density at radius 1 is 1.06 bits per heavy atom. The van der Waals surface area contributed by atoms with Crippen LogP contribution in [0.1, 0.15) is 44.0 Å². The van der Waals surface area contributed by atoms with E-state index in [1.54, 1.807) is 18.3 Å². The summed E-state index contributed by atoms with van der Waals surface area (Å²) in [4.78, 5) is 36.0. The molecule has 1 aromatic carbocycles. The van der Waals surface area contributed by atoms with Crippen molar-refractivity contribution in [1.82, 2.24) is 9.97 Å². The zero-order valence-corrected chi connectivity index (χ0v) is 18.4. The number of aryl methyl sites for hydroxylation is 1. The van der Waals surface area contributed by atoms with Gasteiger partial charge in [-0.3, -0.25) is 9.78 Å². The zero-order valence-electron chi connectivity index (χ0n) is 16.8. The predicted octanol–water partition coefficient (Wildman–Crippen LogP) is 5.34. The van der Waals surface area contributed by atoms with Crippen LogP contribution in [0.4, 0.5) is 5.00 Å². The molecule has 0 saturated heterocycles. The fourth-order valence-electron chi connectivity index (χ4n) is 3.87. The number of thiazole rings is 1. The fraction of sp³-hybridized carbons (Fsp3) is 0.217. The molecule has 3 heterocycles. The topological polar surface area (TPSA) is 81.2 Å². The van der Waals surface area contributed by atoms with Crippen molar-refractivity contribution in [3.05, 3.63) is 64.2 Å². The third kappa shape index (κ3) is 3.62. The Morgan fingerprint density at radius 3 is 2.74 bits per heavy atom. The van der Waals surface area contributed by atoms with Crippen LogP contribution >= 0.6 is 22.7 Å². The number of aromatic nitrogens is 2. The monoisotopic (exact) mass is 449 g/mol. The number of nitrogens with one attached hydrogen (secondary N) is 1. The second-order valence-electron chi connectivity index (χ2n) is 7.25. The van der Waals surface area contributed by atoms with Crippen molar-refractivity contribution in [3.63, 3.8) is 0 Å². The smallest absolute Gasteiger partial charge is 0.341 e. The van der Waals surface area contributed by atoms with E-state index in [2.05, 4.69) is 15.3 Å². The van der Waals surface area contributed by atoms with Crippen molar-refractivity contribution in [3.8, 4) is 10.7 Å². The minimum absolute atomic E-state index is 0.314. The average molecular weight is 450 g/mol. The van der Waals surface area contributed by atoms with Crippen LogP contribution in [-0.2, 0) is 17.6 Å². The van der Waals surface area contributed by atoms with Gasteiger partial charge in [0.2, 0.25) is 0 Å². The number of fused-ring (bicyclic) bond motifs is 2. The summed E-state index contributed by atoms with van der Waals surface area (Å²) in [6.07, 6.45) is 5.53. The molecule has 1 N–H and O–H groups in total. The maximum atomic E-state index is 13.3. The van der Waals surface area contributed by atoms with Crippen LogP contribution in [0, 0.1) is 0 Å². The van der Waals surface area contributed by atoms with Crippen molar-refractivity contribution < 1.29 is 14.3 Å². The average Bonchev–Trinajstić information content (AvgIpc) is 3.39. The van der Waals surface area contributed by atoms with Crippen LogP contribution in [-0.4, -0.2) is 29.0 Å². The molecule has 156 valence electrons. The molecule has 1 amide bonds. The molecule has 0 atom stereocenters. The number of carbonyl (C=O) groups excluding carboxylic acids is 2. The summed E-state index contributed by atoms with van der Waals surface area (Å²) < 4.78 is 6.05. The lowest BCUT2D eigenvalue weighted by Crippen LogP contribution is -2.16. The number of amides is 1. The SMILES string of the molecule is COC(=O)c1c(NC(=O)c2cccnc2-c2nc3ccccc3s2)sc2c1CCCC2. The molecule has 0 fully saturated rings. The Labute approximate surface area is 186 Å². The third-order valence-electron chi connectivity index (χ3n) is 5.34. The molecule has 0 bridgehead atoms. The Morgan fingerprint density at radius 2 is 1.90 bits per heavy atom. The Hall–Kier alpha value is -3.10. The Kier molecular flexibility index (Phi) is 5.25. The molecule has 6 nitrogen and oxygen atoms in total. The molecular formula is C23H19N3O3S2. The highest BCUT2D eigenvalue weighted by molar-refractivity contribution is 7.21. The molecule has 5 rings (SSSR count). The number of ether oxygens (including phenoxy) is 1. The predicted molar refractivity (Wildman–Crippen MR) is 123 cm³/mol. The molecule has 31 heavy (non-hydrogen) atoms. The third-order valence-corrected chi connectivity index (χ3v) is 7.59. The van der Waals surface area contributed by atoms with Gasteiger partial charge in [-0.2, -0.15) is 0 Å². The number of methoxy groups -OCH3 is 1. The van der Waals surface area contributed by atoms with Crippen LogP contribution in [0.15, 0.2) is 42.6 Å². The second kappa shape index (κ2) is 8.20. The van der Waals surface area contributed by atoms with Crippen molar-refractivity contribution >= 4 is 49.8 Å². The molecule has 1 aliphatic carbocycles. The van der Waals surface area contributed by atoms with E-state index in [1.807, 2.05) is 24.3 Å². The summed E-state index contributed by atoms with van der Waals surface area (Å²) in [5.74, 6) is -0.724. The number of nitrogens with zero attached hydrogens (tertiary/aromatic N) is 2. The number of benzene rings is 1. The zero-order chi connectivity index (χ0) is 21.4. The highest BCUT2D eigenvalue weighted by Gasteiger charge is 2.28. The van der Waals surface area contributed by atoms with Crippen molar-refractivity contribution in [2.75, 3.05) is 12.4 Å². The van der Waals surface area contributed by atoms with Gasteiger partial charge in [-0.25, -0.2) is 9.78 Å². The normalized spacial score (nSPS) is 13.1. The molecule has 0 spiro atoms. The molecule has 3 aromatic heterocycles. The van der Waals surface area contributed by atoms with E-state index in [4.69, 9.17) is 4.74 Å². The Balaban J connectivity index is 1.53. The molecule has 0 unspecified atom stereocenters. The lowest BCUT2D eigenvalue weighted by molar-refractivity contribution is 0.0601. The number of esters is 1. The van der Waals surface area contributed by atoms with Crippen molar-refractivity contribution in [2.24, 2.45) is 0 Å². The van der Waals surface area contributed by atoms with Gasteiger partial charge in [0.15, 0.2) is 0 Å². The summed E-state index contributed by atoms with van der Waals surface area (Å²) in [6.45, 7) is 0. The highest BCUT2D eigenvalue weighted by atomic mass is 32.1. The van der Waals surface area contributed by atoms with Crippen LogP contribution in [0.3, 0.4) is 0 Å². The summed E-state index contributed by atoms with van der Waals surface area (Å²) in [5, 5.41) is 4.19. The number of hydrogen-bond acceptors (Lipinski definition) is 7. The fourth-order valence-corrected chi connectivity index (χ4v) is 6.12. The van der Waals surface area contributed by atoms with E-state index in [-0.39, 0.29) is 5.91 Å². The number of rotatable bonds is 4. The van der Waals surface area contributed by atoms with Gasteiger partial charge in [-0.15, -0.1) is 22.7 Å². The lowest BCUT2D eigenvalue weighted by Gasteiger charge is -2.12. The lowest BCUT2D eigenvalue weighted by atomic mass is 9.95. The van der Waals surface area contributed by atoms with Crippen LogP contribution < -0.4 is 5.32 Å². The van der Waals surface area contributed by atoms with Gasteiger partial charge in [0, 0.05) is 11.1 Å². The minimum atomic E-state index is -0.410. The minimum Gasteiger partial charge on any atom is -0.465 e. The number of hydrogen-bond donors (Lipinski definition) is 1. The van der Waals surface area contributed by atoms with Gasteiger partial charge in [0.1, 0.15) is 15.7 Å². The van der Waals surface area contributed by atoms with Crippen LogP contribution in [0.5, 0.6) is 0 Å². The van der Waals surface area contributed by atoms with E-state index in [9.17, 15) is 9.59 Å². The van der Waals surface area contributed by atoms with Crippen molar-refractivity contribution in [1.29, 1.82) is 0 Å². The Bertz CT molecular complexity index is 1280. The number of anilines is 1. The molecule has 1 aliphatic rings. The van der Waals surface area contributed by atoms with Gasteiger partial charge in [0.05, 0.1) is 28.5 Å². The first-order valence-corrected chi connectivity index (χ1v) is 11.6. The number of para-hydroxylation sites is 1. The molecule has 4 aromatic rings. The summed E-state index contributed by atoms with van der Waals surface area (Å²) in [7, 11) is 1.37. The highest BCUT2D eigenvalue weighted by Crippen LogP contribution is 2.39. The van der Waals surface area contributed by atoms with Gasteiger partial charge in [0.25, 0.3) is 5.91 Å². The van der Waals surface area contributed by atoms with E-state index in [1.165, 1.54) is 29.8 Å². The first kappa shape index (κ1) is 19.8. The first-order valence-electron chi connectivity index (χ1n) is 10.0. The maximum absolute atomic E-state index is 13.3. The summed E-state index contributed by atoms with van der Waals surface area (Å²) in [6, 6.07) is 11.3. The standard InChI is InChI=1S/C23H19N3O3S2/c1-29-23(28)18-13-7-2-4-10-16(13)30-21(18)26-20(27)14-8-6-12-24-19(14)22-25-15-9-3-5-11-17(15)31-22/h3,5-6,8-9,11-12H,2,4,7,10H2,1H3,(H,26,27). The number of pyridine rings is 1. The largest absolute Gasteiger partial charge is 0.465 e. The summed E-state index contributed by atoms with van der Waals surface area (Å²) in [5.41, 5.74) is 3.32. The van der Waals surface area contributed by atoms with E-state index < -0.39 is 5.97 Å². The molecule has 0 radical (unpaired) electrons. The molecule has 0 aliphatic heterocycles. The quantitative estimate of drug-likeness (QED) is 0.426.